The van der Waals surface area contributed by atoms with Gasteiger partial charge in [-0.3, -0.25) is 28.8 Å². The maximum absolute atomic E-state index is 2.08. The van der Waals surface area contributed by atoms with E-state index in [-0.39, 0.29) is 106 Å². The van der Waals surface area contributed by atoms with Crippen molar-refractivity contribution in [3.05, 3.63) is 0 Å². The van der Waals surface area contributed by atoms with Crippen molar-refractivity contribution in [3.63, 3.8) is 0 Å². The van der Waals surface area contributed by atoms with Crippen molar-refractivity contribution in [2.24, 2.45) is 0 Å². The van der Waals surface area contributed by atoms with E-state index in [9.17, 15) is 0 Å². The molecule has 0 aliphatic heterocycles. The number of hydrogen-bond acceptors (Lipinski definition) is 0. The van der Waals surface area contributed by atoms with Crippen LogP contribution in [0.15, 0.2) is 0 Å². The Bertz CT molecular complexity index is 296. The van der Waals surface area contributed by atoms with E-state index in [0.29, 0.717) is 0 Å². The monoisotopic (exact) mass is 461 g/mol. The summed E-state index contributed by atoms with van der Waals surface area (Å²) in [6.45, 7) is 0. The normalized spacial score (nSPS) is 6.67. The van der Waals surface area contributed by atoms with E-state index in [1.807, 2.05) is 84.6 Å². The van der Waals surface area contributed by atoms with Crippen LogP contribution in [0.4, 0.5) is 0 Å². The summed E-state index contributed by atoms with van der Waals surface area (Å²) in [6.07, 6.45) is 0. The van der Waals surface area contributed by atoms with Gasteiger partial charge in [0.2, 0.25) is 0 Å². The Hall–Kier alpha value is 0.756. The third-order valence-corrected chi connectivity index (χ3v) is 2.40. The Morgan fingerprint density at radius 2 is 0.556 bits per heavy atom. The number of halogens is 2. The van der Waals surface area contributed by atoms with E-state index in [0.717, 1.165) is 0 Å². The molecule has 0 rings (SSSR count). The molecule has 0 aliphatic rings. The molecule has 0 saturated heterocycles. The summed E-state index contributed by atoms with van der Waals surface area (Å²) in [4.78, 5) is 8.33. The second-order valence-corrected chi connectivity index (χ2v) is 5.97. The van der Waals surface area contributed by atoms with Crippen molar-refractivity contribution >= 4 is 11.9 Å². The van der Waals surface area contributed by atoms with E-state index >= 15 is 0 Å². The molecule has 0 aromatic carbocycles. The first-order chi connectivity index (χ1) is 8.93. The molecule has 0 atom stereocenters. The molecule has 6 nitrogen and oxygen atoms in total. The van der Waals surface area contributed by atoms with Gasteiger partial charge in [0.25, 0.3) is 0 Å². The molecule has 0 N–H and O–H groups in total. The minimum Gasteiger partial charge on any atom is -1.00 e. The van der Waals surface area contributed by atoms with Crippen LogP contribution in [-0.2, 0) is 0 Å². The average Bonchev–Trinajstić information content (AvgIpc) is 2.12. The summed E-state index contributed by atoms with van der Waals surface area (Å²) in [7, 11) is 24.4. The molecule has 0 saturated carbocycles. The predicted molar refractivity (Wildman–Crippen MR) is 116 cm³/mol. The fourth-order valence-corrected chi connectivity index (χ4v) is 2.40. The van der Waals surface area contributed by atoms with Gasteiger partial charge in [-0.1, -0.05) is 29.7 Å². The number of guanidine groups is 2. The molecule has 27 heavy (non-hydrogen) atoms. The Labute approximate surface area is 228 Å². The van der Waals surface area contributed by atoms with Crippen LogP contribution in [0.25, 0.3) is 0 Å². The summed E-state index contributed by atoms with van der Waals surface area (Å²) in [5.74, 6) is 2.39. The molecule has 0 fully saturated rings. The van der Waals surface area contributed by atoms with Gasteiger partial charge in [-0.2, -0.15) is 0 Å². The van der Waals surface area contributed by atoms with Crippen molar-refractivity contribution < 1.29 is 85.3 Å². The van der Waals surface area contributed by atoms with Gasteiger partial charge in [0.1, 0.15) is 0 Å². The van der Waals surface area contributed by atoms with Gasteiger partial charge in [-0.05, 0) is 0 Å². The maximum atomic E-state index is 2.08. The molecular formula is C18H52Cl2KN6+. The van der Waals surface area contributed by atoms with Gasteiger partial charge in [-0.25, -0.2) is 0 Å². The molecule has 0 radical (unpaired) electrons. The number of hydrogen-bond donors (Lipinski definition) is 0. The topological polar surface area (TPSA) is 19.0 Å². The molecular weight excluding hydrogens is 410 g/mol. The second kappa shape index (κ2) is 29.0. The molecule has 0 aromatic rings. The fraction of sp³-hybridized carbons (Fsp3) is 0.889. The van der Waals surface area contributed by atoms with Crippen molar-refractivity contribution in [3.8, 4) is 0 Å². The van der Waals surface area contributed by atoms with Gasteiger partial charge in [0, 0.05) is 0 Å². The van der Waals surface area contributed by atoms with Crippen LogP contribution in [-0.4, -0.2) is 125 Å². The summed E-state index contributed by atoms with van der Waals surface area (Å²) in [6, 6.07) is 0. The van der Waals surface area contributed by atoms with Crippen molar-refractivity contribution in [1.29, 1.82) is 0 Å². The molecule has 0 aromatic heterocycles. The predicted octanol–water partition coefficient (Wildman–Crippen LogP) is -6.97. The first-order valence-corrected chi connectivity index (χ1v) is 6.71. The van der Waals surface area contributed by atoms with Crippen LogP contribution in [0.1, 0.15) is 29.7 Å². The van der Waals surface area contributed by atoms with Crippen LogP contribution >= 0.6 is 0 Å². The zero-order valence-corrected chi connectivity index (χ0v) is 22.1. The summed E-state index contributed by atoms with van der Waals surface area (Å²) in [5, 5.41) is 0. The zero-order valence-electron chi connectivity index (χ0n) is 17.4. The number of rotatable bonds is 0. The minimum absolute atomic E-state index is 0. The van der Waals surface area contributed by atoms with Crippen molar-refractivity contribution in [2.75, 3.05) is 84.6 Å². The van der Waals surface area contributed by atoms with E-state index in [1.54, 1.807) is 0 Å². The van der Waals surface area contributed by atoms with E-state index in [4.69, 9.17) is 0 Å². The quantitative estimate of drug-likeness (QED) is 0.154. The maximum Gasteiger partial charge on any atom is 1.00 e. The van der Waals surface area contributed by atoms with E-state index < -0.39 is 0 Å². The van der Waals surface area contributed by atoms with E-state index in [1.165, 1.54) is 11.9 Å². The van der Waals surface area contributed by atoms with Crippen LogP contribution in [0.2, 0.25) is 0 Å². The minimum atomic E-state index is 0. The molecule has 0 heterocycles. The van der Waals surface area contributed by atoms with Gasteiger partial charge < -0.3 is 24.8 Å². The van der Waals surface area contributed by atoms with Gasteiger partial charge in [0.15, 0.2) is 0 Å². The fourth-order valence-electron chi connectivity index (χ4n) is 2.40. The SMILES string of the molecule is C.C.C.C.CN(C)C(N(C)C)=[N+](C)C.CN(C)C(N(C)C)=[N+](C)C.[Cl-].[Cl-].[K+]. The van der Waals surface area contributed by atoms with Gasteiger partial charge >= 0.3 is 63.3 Å². The van der Waals surface area contributed by atoms with E-state index in [2.05, 4.69) is 28.8 Å². The molecule has 0 spiro atoms. The second-order valence-electron chi connectivity index (χ2n) is 5.97. The Balaban J connectivity index is -0.0000000272. The van der Waals surface area contributed by atoms with Crippen LogP contribution in [0.3, 0.4) is 0 Å². The Morgan fingerprint density at radius 3 is 0.556 bits per heavy atom. The molecule has 0 unspecified atom stereocenters. The number of nitrogens with zero attached hydrogens (tertiary/aromatic N) is 6. The Morgan fingerprint density at radius 1 is 0.444 bits per heavy atom. The molecule has 0 aliphatic carbocycles. The van der Waals surface area contributed by atoms with Gasteiger partial charge in [0.05, 0.1) is 84.6 Å². The van der Waals surface area contributed by atoms with Crippen molar-refractivity contribution in [1.82, 2.24) is 19.6 Å². The molecule has 9 heteroatoms. The summed E-state index contributed by atoms with van der Waals surface area (Å²) < 4.78 is 4.17. The average molecular weight is 463 g/mol. The van der Waals surface area contributed by atoms with Crippen molar-refractivity contribution in [2.45, 2.75) is 29.7 Å². The largest absolute Gasteiger partial charge is 1.00 e. The molecule has 0 amide bonds. The smallest absolute Gasteiger partial charge is 1.00 e. The van der Waals surface area contributed by atoms with Crippen LogP contribution in [0.5, 0.6) is 0 Å². The molecule has 0 bridgehead atoms. The third-order valence-electron chi connectivity index (χ3n) is 2.40. The third kappa shape index (κ3) is 26.8. The summed E-state index contributed by atoms with van der Waals surface area (Å²) >= 11 is 0. The first-order valence-electron chi connectivity index (χ1n) is 6.71. The first kappa shape index (κ1) is 56.5. The summed E-state index contributed by atoms with van der Waals surface area (Å²) in [5.41, 5.74) is 0. The molecule has 168 valence electrons. The van der Waals surface area contributed by atoms with Gasteiger partial charge in [-0.15, -0.1) is 0 Å². The standard InChI is InChI=1S/2C7H18N3.4CH4.2ClH.K/c2*1-8(2)7(9(3)4)10(5)6;;;;;;;/h2*1-6H3;4*1H4;2*1H;/q2*+1;;;;;;;+1/p-2. The van der Waals surface area contributed by atoms with Crippen LogP contribution < -0.4 is 76.2 Å². The van der Waals surface area contributed by atoms with Crippen LogP contribution in [0, 0.1) is 0 Å². The zero-order chi connectivity index (χ0) is 16.6. The Kier molecular flexibility index (Phi) is 60.6.